The van der Waals surface area contributed by atoms with Crippen molar-refractivity contribution in [1.29, 1.82) is 0 Å². The Balaban J connectivity index is 2.54. The molecular weight excluding hydrogens is 116 g/mol. The molecule has 45 valence electrons. The summed E-state index contributed by atoms with van der Waals surface area (Å²) in [4.78, 5) is 3.87. The zero-order chi connectivity index (χ0) is 6.10. The molecule has 0 saturated carbocycles. The van der Waals surface area contributed by atoms with Crippen LogP contribution in [-0.4, -0.2) is 11.7 Å². The molecule has 1 aromatic heterocycles. The highest BCUT2D eigenvalue weighted by Gasteiger charge is 2.10. The Kier molecular flexibility index (Phi) is 0.828. The van der Waals surface area contributed by atoms with Gasteiger partial charge in [0.1, 0.15) is 5.69 Å². The molecule has 1 aliphatic heterocycles. The van der Waals surface area contributed by atoms with Crippen molar-refractivity contribution < 1.29 is 4.74 Å². The lowest BCUT2D eigenvalue weighted by Gasteiger charge is -1.89. The van der Waals surface area contributed by atoms with Crippen LogP contribution in [0.25, 0.3) is 0 Å². The van der Waals surface area contributed by atoms with Crippen LogP contribution in [0.15, 0.2) is 18.5 Å². The van der Waals surface area contributed by atoms with E-state index < -0.39 is 0 Å². The Hall–Kier alpha value is -1.25. The van der Waals surface area contributed by atoms with Crippen molar-refractivity contribution in [3.63, 3.8) is 0 Å². The summed E-state index contributed by atoms with van der Waals surface area (Å²) in [5.74, 6) is 0.789. The maximum Gasteiger partial charge on any atom is 0.180 e. The Morgan fingerprint density at radius 3 is 3.44 bits per heavy atom. The molecule has 2 rings (SSSR count). The van der Waals surface area contributed by atoms with E-state index in [4.69, 9.17) is 4.74 Å². The van der Waals surface area contributed by atoms with Gasteiger partial charge in [0.15, 0.2) is 12.5 Å². The minimum absolute atomic E-state index is 0.445. The average molecular weight is 121 g/mol. The summed E-state index contributed by atoms with van der Waals surface area (Å²) < 4.78 is 5.07. The van der Waals surface area contributed by atoms with E-state index in [1.807, 2.05) is 6.07 Å². The standard InChI is InChI=1S/C6H5N2O/c1-2-7-3-6-5(1)8-4-9-6/h1-3H,4H2. The first-order valence-corrected chi connectivity index (χ1v) is 2.71. The third-order valence-electron chi connectivity index (χ3n) is 1.22. The molecule has 0 amide bonds. The van der Waals surface area contributed by atoms with E-state index in [1.54, 1.807) is 12.4 Å². The second-order valence-electron chi connectivity index (χ2n) is 1.77. The first kappa shape index (κ1) is 4.61. The highest BCUT2D eigenvalue weighted by atomic mass is 16.5. The summed E-state index contributed by atoms with van der Waals surface area (Å²) in [6, 6.07) is 1.84. The highest BCUT2D eigenvalue weighted by Crippen LogP contribution is 2.26. The summed E-state index contributed by atoms with van der Waals surface area (Å²) in [5, 5.41) is 4.04. The van der Waals surface area contributed by atoms with Crippen molar-refractivity contribution in [2.24, 2.45) is 0 Å². The first-order chi connectivity index (χ1) is 4.47. The SMILES string of the molecule is c1cc2c(cn1)OC[N]2. The quantitative estimate of drug-likeness (QED) is 0.505. The van der Waals surface area contributed by atoms with Gasteiger partial charge >= 0.3 is 0 Å². The van der Waals surface area contributed by atoms with Crippen LogP contribution in [-0.2, 0) is 0 Å². The molecular formula is C6H5N2O. The van der Waals surface area contributed by atoms with Gasteiger partial charge in [0.2, 0.25) is 0 Å². The second kappa shape index (κ2) is 1.62. The number of pyridine rings is 1. The van der Waals surface area contributed by atoms with E-state index in [-0.39, 0.29) is 0 Å². The number of nitrogens with zero attached hydrogens (tertiary/aromatic N) is 2. The molecule has 0 aromatic carbocycles. The maximum atomic E-state index is 5.07. The molecule has 1 aromatic rings. The molecule has 0 spiro atoms. The van der Waals surface area contributed by atoms with Crippen LogP contribution in [0, 0.1) is 0 Å². The monoisotopic (exact) mass is 121 g/mol. The average Bonchev–Trinajstić information content (AvgIpc) is 2.33. The molecule has 3 nitrogen and oxygen atoms in total. The van der Waals surface area contributed by atoms with Gasteiger partial charge in [0.25, 0.3) is 0 Å². The summed E-state index contributed by atoms with van der Waals surface area (Å²) in [7, 11) is 0. The van der Waals surface area contributed by atoms with Crippen LogP contribution in [0.2, 0.25) is 0 Å². The normalized spacial score (nSPS) is 13.8. The minimum atomic E-state index is 0.445. The number of hydrogen-bond acceptors (Lipinski definition) is 2. The van der Waals surface area contributed by atoms with E-state index in [0.29, 0.717) is 6.73 Å². The number of ether oxygens (including phenoxy) is 1. The lowest BCUT2D eigenvalue weighted by molar-refractivity contribution is 0.337. The third-order valence-corrected chi connectivity index (χ3v) is 1.22. The third kappa shape index (κ3) is 0.614. The number of aromatic nitrogens is 1. The van der Waals surface area contributed by atoms with Crippen molar-refractivity contribution in [3.8, 4) is 5.75 Å². The van der Waals surface area contributed by atoms with Gasteiger partial charge in [-0.25, -0.2) is 5.32 Å². The van der Waals surface area contributed by atoms with Gasteiger partial charge in [-0.1, -0.05) is 0 Å². The molecule has 0 N–H and O–H groups in total. The van der Waals surface area contributed by atoms with Gasteiger partial charge in [0, 0.05) is 6.20 Å². The zero-order valence-electron chi connectivity index (χ0n) is 4.74. The molecule has 3 heteroatoms. The number of fused-ring (bicyclic) bond motifs is 1. The van der Waals surface area contributed by atoms with Crippen LogP contribution in [0.1, 0.15) is 0 Å². The topological polar surface area (TPSA) is 36.2 Å². The molecule has 0 aliphatic carbocycles. The smallest absolute Gasteiger partial charge is 0.180 e. The van der Waals surface area contributed by atoms with Crippen molar-refractivity contribution in [1.82, 2.24) is 10.3 Å². The van der Waals surface area contributed by atoms with E-state index in [0.717, 1.165) is 11.4 Å². The van der Waals surface area contributed by atoms with Crippen LogP contribution in [0.3, 0.4) is 0 Å². The molecule has 1 radical (unpaired) electrons. The van der Waals surface area contributed by atoms with Crippen LogP contribution >= 0.6 is 0 Å². The summed E-state index contributed by atoms with van der Waals surface area (Å²) in [6.45, 7) is 0.445. The molecule has 0 atom stereocenters. The second-order valence-corrected chi connectivity index (χ2v) is 1.77. The Morgan fingerprint density at radius 1 is 1.56 bits per heavy atom. The van der Waals surface area contributed by atoms with Crippen molar-refractivity contribution in [2.45, 2.75) is 0 Å². The van der Waals surface area contributed by atoms with Crippen molar-refractivity contribution >= 4 is 5.69 Å². The lowest BCUT2D eigenvalue weighted by atomic mass is 10.4. The van der Waals surface area contributed by atoms with Crippen LogP contribution in [0.4, 0.5) is 5.69 Å². The highest BCUT2D eigenvalue weighted by molar-refractivity contribution is 5.50. The van der Waals surface area contributed by atoms with Gasteiger partial charge in [0.05, 0.1) is 6.20 Å². The molecule has 0 bridgehead atoms. The van der Waals surface area contributed by atoms with Gasteiger partial charge in [-0.05, 0) is 6.07 Å². The molecule has 0 unspecified atom stereocenters. The number of hydrogen-bond donors (Lipinski definition) is 0. The fraction of sp³-hybridized carbons (Fsp3) is 0.167. The van der Waals surface area contributed by atoms with E-state index in [2.05, 4.69) is 10.3 Å². The minimum Gasteiger partial charge on any atom is -0.467 e. The summed E-state index contributed by atoms with van der Waals surface area (Å²) in [6.07, 6.45) is 3.38. The van der Waals surface area contributed by atoms with Crippen LogP contribution in [0.5, 0.6) is 5.75 Å². The predicted molar refractivity (Wildman–Crippen MR) is 31.5 cm³/mol. The number of rotatable bonds is 0. The van der Waals surface area contributed by atoms with Gasteiger partial charge in [-0.3, -0.25) is 4.98 Å². The molecule has 0 fully saturated rings. The fourth-order valence-corrected chi connectivity index (χ4v) is 0.786. The largest absolute Gasteiger partial charge is 0.467 e. The summed E-state index contributed by atoms with van der Waals surface area (Å²) >= 11 is 0. The Bertz CT molecular complexity index is 201. The van der Waals surface area contributed by atoms with E-state index >= 15 is 0 Å². The zero-order valence-corrected chi connectivity index (χ0v) is 4.74. The van der Waals surface area contributed by atoms with Gasteiger partial charge in [-0.15, -0.1) is 0 Å². The Labute approximate surface area is 52.7 Å². The molecule has 0 saturated heterocycles. The van der Waals surface area contributed by atoms with Crippen molar-refractivity contribution in [3.05, 3.63) is 18.5 Å². The fourth-order valence-electron chi connectivity index (χ4n) is 0.786. The summed E-state index contributed by atoms with van der Waals surface area (Å²) in [5.41, 5.74) is 0.907. The predicted octanol–water partition coefficient (Wildman–Crippen LogP) is 0.667. The Morgan fingerprint density at radius 2 is 2.56 bits per heavy atom. The lowest BCUT2D eigenvalue weighted by Crippen LogP contribution is -1.94. The maximum absolute atomic E-state index is 5.07. The molecule has 2 heterocycles. The first-order valence-electron chi connectivity index (χ1n) is 2.71. The van der Waals surface area contributed by atoms with Gasteiger partial charge < -0.3 is 4.74 Å². The molecule has 9 heavy (non-hydrogen) atoms. The van der Waals surface area contributed by atoms with Crippen LogP contribution < -0.4 is 10.1 Å². The van der Waals surface area contributed by atoms with Gasteiger partial charge in [-0.2, -0.15) is 0 Å². The van der Waals surface area contributed by atoms with E-state index in [1.165, 1.54) is 0 Å². The molecule has 1 aliphatic rings. The van der Waals surface area contributed by atoms with E-state index in [9.17, 15) is 0 Å². The van der Waals surface area contributed by atoms with Crippen molar-refractivity contribution in [2.75, 3.05) is 6.73 Å².